The first-order chi connectivity index (χ1) is 14.0. The van der Waals surface area contributed by atoms with E-state index in [1.165, 1.54) is 11.6 Å². The minimum atomic E-state index is -0.501. The van der Waals surface area contributed by atoms with Crippen molar-refractivity contribution in [2.24, 2.45) is 0 Å². The van der Waals surface area contributed by atoms with Crippen molar-refractivity contribution in [3.8, 4) is 0 Å². The molecule has 0 spiro atoms. The van der Waals surface area contributed by atoms with Crippen molar-refractivity contribution in [3.05, 3.63) is 93.1 Å². The number of aliphatic hydroxyl groups is 1. The van der Waals surface area contributed by atoms with E-state index in [0.29, 0.717) is 6.61 Å². The second kappa shape index (κ2) is 27.0. The minimum absolute atomic E-state index is 0.0465. The van der Waals surface area contributed by atoms with Gasteiger partial charge in [-0.1, -0.05) is 94.8 Å². The van der Waals surface area contributed by atoms with Crippen molar-refractivity contribution in [2.75, 3.05) is 19.8 Å². The fraction of sp³-hybridized carbons (Fsp3) is 0.250. The normalized spacial score (nSPS) is 7.93. The lowest BCUT2D eigenvalue weighted by atomic mass is 10.2. The summed E-state index contributed by atoms with van der Waals surface area (Å²) < 4.78 is 9.01. The average molecular weight is 403 g/mol. The molecule has 0 amide bonds. The van der Waals surface area contributed by atoms with Gasteiger partial charge in [-0.2, -0.15) is 0 Å². The lowest BCUT2D eigenvalue weighted by molar-refractivity contribution is -0.139. The van der Waals surface area contributed by atoms with Crippen LogP contribution in [0.1, 0.15) is 25.3 Å². The molecule has 0 saturated carbocycles. The molecule has 1 aromatic carbocycles. The first kappa shape index (κ1) is 30.5. The summed E-state index contributed by atoms with van der Waals surface area (Å²) in [4.78, 5) is 20.5. The van der Waals surface area contributed by atoms with Crippen LogP contribution < -0.4 is 0 Å². The van der Waals surface area contributed by atoms with Crippen LogP contribution in [0, 0.1) is 0 Å². The van der Waals surface area contributed by atoms with E-state index in [4.69, 9.17) is 5.11 Å². The molecule has 0 aromatic heterocycles. The molecule has 0 saturated heterocycles. The van der Waals surface area contributed by atoms with Crippen molar-refractivity contribution < 1.29 is 24.2 Å². The van der Waals surface area contributed by atoms with Crippen LogP contribution >= 0.6 is 0 Å². The monoisotopic (exact) mass is 402 g/mol. The van der Waals surface area contributed by atoms with E-state index in [0.717, 1.165) is 18.9 Å². The number of unbranched alkanes of at least 4 members (excludes halogenated alkanes) is 1. The van der Waals surface area contributed by atoms with Gasteiger partial charge in [-0.3, -0.25) is 0 Å². The molecule has 0 atom stereocenters. The number of benzene rings is 1. The quantitative estimate of drug-likeness (QED) is 0.275. The summed E-state index contributed by atoms with van der Waals surface area (Å²) in [5.74, 6) is -0.831. The van der Waals surface area contributed by atoms with Crippen molar-refractivity contribution in [2.45, 2.75) is 19.8 Å². The Morgan fingerprint density at radius 2 is 1.38 bits per heavy atom. The summed E-state index contributed by atoms with van der Waals surface area (Å²) in [7, 11) is 0. The molecule has 29 heavy (non-hydrogen) atoms. The molecule has 0 bridgehead atoms. The smallest absolute Gasteiger partial charge is 0.330 e. The highest BCUT2D eigenvalue weighted by Crippen LogP contribution is 1.97. The molecule has 160 valence electrons. The van der Waals surface area contributed by atoms with E-state index in [2.05, 4.69) is 42.4 Å². The summed E-state index contributed by atoms with van der Waals surface area (Å²) in [6.07, 6.45) is 9.31. The number of aliphatic hydroxyl groups excluding tert-OH is 1. The molecule has 0 unspecified atom stereocenters. The van der Waals surface area contributed by atoms with Gasteiger partial charge in [0.15, 0.2) is 0 Å². The maximum atomic E-state index is 10.3. The van der Waals surface area contributed by atoms with E-state index in [1.54, 1.807) is 12.2 Å². The third-order valence-corrected chi connectivity index (χ3v) is 2.61. The highest BCUT2D eigenvalue weighted by molar-refractivity contribution is 5.81. The number of rotatable bonds is 9. The number of hydrogen-bond acceptors (Lipinski definition) is 5. The molecule has 5 heteroatoms. The van der Waals surface area contributed by atoms with Crippen molar-refractivity contribution in [3.63, 3.8) is 0 Å². The fourth-order valence-electron chi connectivity index (χ4n) is 1.17. The van der Waals surface area contributed by atoms with Gasteiger partial charge >= 0.3 is 11.9 Å². The first-order valence-corrected chi connectivity index (χ1v) is 9.07. The molecule has 0 heterocycles. The van der Waals surface area contributed by atoms with E-state index >= 15 is 0 Å². The standard InChI is InChI=1S/C8H8.C7H12O2.C5H8O3.C4H6/c1-2-8-6-4-3-5-7-8;1-3-5-6-9-7(8)4-2;1-2-5(7)8-4-3-6;1-3-4-2/h2-7H,1H2;4H,2-3,5-6H2,1H3;2,6H,1,3-4H2;3-4H,1-2H2. The van der Waals surface area contributed by atoms with Crippen LogP contribution in [0.3, 0.4) is 0 Å². The summed E-state index contributed by atoms with van der Waals surface area (Å²) in [5, 5.41) is 8.10. The summed E-state index contributed by atoms with van der Waals surface area (Å²) in [6, 6.07) is 10.0. The van der Waals surface area contributed by atoms with Crippen LogP contribution in [0.25, 0.3) is 6.08 Å². The Labute approximate surface area is 175 Å². The van der Waals surface area contributed by atoms with Crippen molar-refractivity contribution in [1.82, 2.24) is 0 Å². The Morgan fingerprint density at radius 3 is 1.69 bits per heavy atom. The highest BCUT2D eigenvalue weighted by Gasteiger charge is 1.91. The van der Waals surface area contributed by atoms with Gasteiger partial charge in [0.1, 0.15) is 6.61 Å². The van der Waals surface area contributed by atoms with Crippen LogP contribution in [-0.4, -0.2) is 36.9 Å². The summed E-state index contributed by atoms with van der Waals surface area (Å²) in [6.45, 7) is 19.2. The van der Waals surface area contributed by atoms with Gasteiger partial charge < -0.3 is 14.6 Å². The maximum absolute atomic E-state index is 10.3. The Balaban J connectivity index is -0.000000321. The number of esters is 2. The van der Waals surface area contributed by atoms with E-state index in [1.807, 2.05) is 43.3 Å². The predicted octanol–water partition coefficient (Wildman–Crippen LogP) is 4.91. The Morgan fingerprint density at radius 1 is 0.897 bits per heavy atom. The zero-order valence-corrected chi connectivity index (χ0v) is 17.4. The van der Waals surface area contributed by atoms with E-state index in [-0.39, 0.29) is 19.2 Å². The van der Waals surface area contributed by atoms with E-state index in [9.17, 15) is 9.59 Å². The molecular formula is C24H34O5. The number of ether oxygens (including phenoxy) is 2. The highest BCUT2D eigenvalue weighted by atomic mass is 16.5. The molecule has 1 rings (SSSR count). The second-order valence-corrected chi connectivity index (χ2v) is 4.91. The molecule has 5 nitrogen and oxygen atoms in total. The zero-order valence-electron chi connectivity index (χ0n) is 17.4. The van der Waals surface area contributed by atoms with Gasteiger partial charge in [0.25, 0.3) is 0 Å². The molecule has 0 aliphatic rings. The third-order valence-electron chi connectivity index (χ3n) is 2.61. The number of carbonyl (C=O) groups is 2. The molecular weight excluding hydrogens is 368 g/mol. The van der Waals surface area contributed by atoms with Crippen LogP contribution in [0.2, 0.25) is 0 Å². The topological polar surface area (TPSA) is 72.8 Å². The number of hydrogen-bond donors (Lipinski definition) is 1. The second-order valence-electron chi connectivity index (χ2n) is 4.91. The average Bonchev–Trinajstić information content (AvgIpc) is 2.78. The number of allylic oxidation sites excluding steroid dienone is 2. The lowest BCUT2D eigenvalue weighted by Crippen LogP contribution is -2.04. The largest absolute Gasteiger partial charge is 0.463 e. The molecule has 0 fully saturated rings. The van der Waals surface area contributed by atoms with Crippen molar-refractivity contribution in [1.29, 1.82) is 0 Å². The summed E-state index contributed by atoms with van der Waals surface area (Å²) in [5.41, 5.74) is 1.17. The van der Waals surface area contributed by atoms with Crippen LogP contribution in [0.4, 0.5) is 0 Å². The lowest BCUT2D eigenvalue weighted by Gasteiger charge is -1.97. The van der Waals surface area contributed by atoms with Gasteiger partial charge in [0.2, 0.25) is 0 Å². The molecule has 0 aliphatic carbocycles. The zero-order chi connectivity index (χ0) is 22.8. The minimum Gasteiger partial charge on any atom is -0.463 e. The predicted molar refractivity (Wildman–Crippen MR) is 121 cm³/mol. The van der Waals surface area contributed by atoms with Crippen molar-refractivity contribution >= 4 is 18.0 Å². The number of carbonyl (C=O) groups excluding carboxylic acids is 2. The molecule has 1 aromatic rings. The van der Waals surface area contributed by atoms with Crippen LogP contribution in [-0.2, 0) is 19.1 Å². The van der Waals surface area contributed by atoms with Crippen LogP contribution in [0.15, 0.2) is 87.5 Å². The Bertz CT molecular complexity index is 570. The van der Waals surface area contributed by atoms with Gasteiger partial charge in [0, 0.05) is 12.2 Å². The summed E-state index contributed by atoms with van der Waals surface area (Å²) >= 11 is 0. The van der Waals surface area contributed by atoms with Crippen LogP contribution in [0.5, 0.6) is 0 Å². The first-order valence-electron chi connectivity index (χ1n) is 9.07. The molecule has 0 radical (unpaired) electrons. The Kier molecular flexibility index (Phi) is 28.5. The van der Waals surface area contributed by atoms with Gasteiger partial charge in [-0.05, 0) is 12.0 Å². The van der Waals surface area contributed by atoms with Gasteiger partial charge in [-0.25, -0.2) is 9.59 Å². The van der Waals surface area contributed by atoms with Gasteiger partial charge in [0.05, 0.1) is 13.2 Å². The molecule has 1 N–H and O–H groups in total. The Hall–Kier alpha value is -3.18. The maximum Gasteiger partial charge on any atom is 0.330 e. The molecule has 0 aliphatic heterocycles. The van der Waals surface area contributed by atoms with Gasteiger partial charge in [-0.15, -0.1) is 0 Å². The third kappa shape index (κ3) is 29.8. The van der Waals surface area contributed by atoms with E-state index < -0.39 is 5.97 Å². The SMILES string of the molecule is C=CC(=O)OCCCC.C=CC(=O)OCCO.C=CC=C.C=Cc1ccccc1. The fourth-order valence-corrected chi connectivity index (χ4v) is 1.17.